The summed E-state index contributed by atoms with van der Waals surface area (Å²) in [5.41, 5.74) is -0.779. The summed E-state index contributed by atoms with van der Waals surface area (Å²) in [4.78, 5) is 13.6. The predicted octanol–water partition coefficient (Wildman–Crippen LogP) is 3.64. The van der Waals surface area contributed by atoms with Crippen LogP contribution in [0, 0.1) is 0 Å². The van der Waals surface area contributed by atoms with E-state index in [4.69, 9.17) is 13.9 Å². The quantitative estimate of drug-likeness (QED) is 0.313. The summed E-state index contributed by atoms with van der Waals surface area (Å²) in [5.74, 6) is -0.417. The van der Waals surface area contributed by atoms with Gasteiger partial charge < -0.3 is 34.3 Å². The monoisotopic (exact) mass is 456 g/mol. The van der Waals surface area contributed by atoms with Gasteiger partial charge in [0.15, 0.2) is 11.5 Å². The fourth-order valence-electron chi connectivity index (χ4n) is 3.60. The van der Waals surface area contributed by atoms with Crippen molar-refractivity contribution in [1.29, 1.82) is 0 Å². The summed E-state index contributed by atoms with van der Waals surface area (Å²) in [7, 11) is 2.73. The normalized spacial score (nSPS) is 13.1. The molecule has 8 heteroatoms. The van der Waals surface area contributed by atoms with Gasteiger partial charge in [0.1, 0.15) is 28.1 Å². The highest BCUT2D eigenvalue weighted by atomic mass is 16.5. The molecule has 3 rings (SSSR count). The first-order chi connectivity index (χ1) is 15.4. The van der Waals surface area contributed by atoms with E-state index < -0.39 is 17.1 Å². The Morgan fingerprint density at radius 1 is 1.18 bits per heavy atom. The van der Waals surface area contributed by atoms with Gasteiger partial charge in [0.25, 0.3) is 0 Å². The lowest BCUT2D eigenvalue weighted by atomic mass is 9.96. The molecular weight excluding hydrogens is 428 g/mol. The molecule has 8 nitrogen and oxygen atoms in total. The Labute approximate surface area is 190 Å². The number of aliphatic hydroxyl groups excluding tert-OH is 1. The zero-order chi connectivity index (χ0) is 24.7. The molecule has 0 radical (unpaired) electrons. The molecule has 0 aliphatic heterocycles. The number of methoxy groups -OCH3 is 2. The van der Waals surface area contributed by atoms with Crippen LogP contribution in [0.2, 0.25) is 0 Å². The molecule has 3 aromatic rings. The number of benzene rings is 2. The number of phenolic OH excluding ortho intramolecular Hbond substituents is 2. The summed E-state index contributed by atoms with van der Waals surface area (Å²) in [6, 6.07) is 2.70. The molecular formula is C25H28O8. The molecule has 0 fully saturated rings. The van der Waals surface area contributed by atoms with Crippen molar-refractivity contribution in [3.05, 3.63) is 51.7 Å². The molecule has 1 atom stereocenters. The van der Waals surface area contributed by atoms with E-state index in [9.17, 15) is 25.2 Å². The number of hydrogen-bond donors (Lipinski definition) is 4. The molecule has 2 aromatic carbocycles. The fraction of sp³-hybridized carbons (Fsp3) is 0.320. The van der Waals surface area contributed by atoms with Crippen molar-refractivity contribution in [3.8, 4) is 23.0 Å². The first-order valence-electron chi connectivity index (χ1n) is 10.2. The first kappa shape index (κ1) is 24.2. The minimum atomic E-state index is -1.17. The molecule has 0 amide bonds. The van der Waals surface area contributed by atoms with Crippen LogP contribution in [0.15, 0.2) is 39.6 Å². The molecule has 0 spiro atoms. The number of aliphatic hydroxyl groups is 2. The van der Waals surface area contributed by atoms with Gasteiger partial charge in [-0.1, -0.05) is 18.2 Å². The Balaban J connectivity index is 2.46. The molecule has 0 bridgehead atoms. The van der Waals surface area contributed by atoms with Crippen LogP contribution in [0.25, 0.3) is 28.0 Å². The van der Waals surface area contributed by atoms with E-state index in [1.165, 1.54) is 38.5 Å². The minimum Gasteiger partial charge on any atom is -0.506 e. The van der Waals surface area contributed by atoms with Gasteiger partial charge in [-0.2, -0.15) is 0 Å². The maximum absolute atomic E-state index is 13.6. The lowest BCUT2D eigenvalue weighted by Crippen LogP contribution is -2.15. The molecule has 0 aliphatic carbocycles. The Bertz CT molecular complexity index is 1320. The second kappa shape index (κ2) is 8.80. The Morgan fingerprint density at radius 2 is 1.82 bits per heavy atom. The molecule has 0 saturated heterocycles. The molecule has 176 valence electrons. The van der Waals surface area contributed by atoms with Crippen molar-refractivity contribution in [1.82, 2.24) is 0 Å². The van der Waals surface area contributed by atoms with Gasteiger partial charge in [0.05, 0.1) is 36.9 Å². The third kappa shape index (κ3) is 4.53. The van der Waals surface area contributed by atoms with E-state index in [0.717, 1.165) is 0 Å². The zero-order valence-corrected chi connectivity index (χ0v) is 19.2. The Hall–Kier alpha value is -3.49. The lowest BCUT2D eigenvalue weighted by molar-refractivity contribution is 0.134. The van der Waals surface area contributed by atoms with E-state index in [-0.39, 0.29) is 62.5 Å². The predicted molar refractivity (Wildman–Crippen MR) is 126 cm³/mol. The smallest absolute Gasteiger partial charge is 0.204 e. The number of hydrogen-bond acceptors (Lipinski definition) is 8. The highest BCUT2D eigenvalue weighted by molar-refractivity contribution is 5.99. The van der Waals surface area contributed by atoms with Crippen molar-refractivity contribution in [2.45, 2.75) is 38.9 Å². The standard InChI is InChI=1S/C25H28O8/c1-12(2)15(26)9-14-20-18(10-16(27)24(14)32-6)33-19-11-17(31-5)13(7-8-25(3,4)30)22(28)21(19)23(20)29/h7-8,10-11,15,26-28,30H,1,9H2,2-6H3. The van der Waals surface area contributed by atoms with Crippen LogP contribution in [0.1, 0.15) is 31.9 Å². The van der Waals surface area contributed by atoms with E-state index in [1.807, 2.05) is 0 Å². The average molecular weight is 456 g/mol. The zero-order valence-electron chi connectivity index (χ0n) is 19.2. The van der Waals surface area contributed by atoms with Gasteiger partial charge in [-0.15, -0.1) is 0 Å². The second-order valence-corrected chi connectivity index (χ2v) is 8.48. The second-order valence-electron chi connectivity index (χ2n) is 8.48. The van der Waals surface area contributed by atoms with Gasteiger partial charge in [-0.3, -0.25) is 4.79 Å². The number of aromatic hydroxyl groups is 2. The molecule has 1 heterocycles. The van der Waals surface area contributed by atoms with E-state index in [2.05, 4.69) is 6.58 Å². The molecule has 1 unspecified atom stereocenters. The van der Waals surface area contributed by atoms with Crippen LogP contribution in [-0.2, 0) is 6.42 Å². The first-order valence-corrected chi connectivity index (χ1v) is 10.2. The van der Waals surface area contributed by atoms with Gasteiger partial charge in [-0.25, -0.2) is 0 Å². The van der Waals surface area contributed by atoms with Crippen molar-refractivity contribution in [2.24, 2.45) is 0 Å². The van der Waals surface area contributed by atoms with Gasteiger partial charge in [0.2, 0.25) is 5.43 Å². The average Bonchev–Trinajstić information content (AvgIpc) is 2.71. The van der Waals surface area contributed by atoms with Crippen LogP contribution in [0.4, 0.5) is 0 Å². The lowest BCUT2D eigenvalue weighted by Gasteiger charge is -2.17. The van der Waals surface area contributed by atoms with Crippen LogP contribution >= 0.6 is 0 Å². The van der Waals surface area contributed by atoms with Crippen LogP contribution in [-0.4, -0.2) is 46.4 Å². The molecule has 1 aromatic heterocycles. The van der Waals surface area contributed by atoms with E-state index in [1.54, 1.807) is 20.8 Å². The third-order valence-corrected chi connectivity index (χ3v) is 5.31. The van der Waals surface area contributed by atoms with Crippen molar-refractivity contribution in [2.75, 3.05) is 14.2 Å². The summed E-state index contributed by atoms with van der Waals surface area (Å²) < 4.78 is 16.5. The van der Waals surface area contributed by atoms with Crippen molar-refractivity contribution < 1.29 is 34.3 Å². The number of fused-ring (bicyclic) bond motifs is 2. The number of rotatable bonds is 7. The molecule has 0 aliphatic rings. The third-order valence-electron chi connectivity index (χ3n) is 5.31. The van der Waals surface area contributed by atoms with Gasteiger partial charge >= 0.3 is 0 Å². The summed E-state index contributed by atoms with van der Waals surface area (Å²) in [5, 5.41) is 41.8. The number of phenols is 2. The summed E-state index contributed by atoms with van der Waals surface area (Å²) >= 11 is 0. The van der Waals surface area contributed by atoms with Crippen molar-refractivity contribution in [3.63, 3.8) is 0 Å². The highest BCUT2D eigenvalue weighted by Crippen LogP contribution is 2.41. The van der Waals surface area contributed by atoms with Gasteiger partial charge in [-0.05, 0) is 26.8 Å². The van der Waals surface area contributed by atoms with Crippen LogP contribution in [0.3, 0.4) is 0 Å². The van der Waals surface area contributed by atoms with Crippen molar-refractivity contribution >= 4 is 28.0 Å². The summed E-state index contributed by atoms with van der Waals surface area (Å²) in [6.45, 7) is 8.49. The molecule has 33 heavy (non-hydrogen) atoms. The SMILES string of the molecule is C=C(C)C(O)Cc1c(OC)c(O)cc2oc3cc(OC)c(C=CC(C)(C)O)c(O)c3c(=O)c12. The largest absolute Gasteiger partial charge is 0.506 e. The number of ether oxygens (including phenoxy) is 2. The van der Waals surface area contributed by atoms with E-state index in [0.29, 0.717) is 5.57 Å². The Morgan fingerprint density at radius 3 is 2.36 bits per heavy atom. The molecule has 4 N–H and O–H groups in total. The van der Waals surface area contributed by atoms with Crippen LogP contribution in [0.5, 0.6) is 23.0 Å². The minimum absolute atomic E-state index is 0.0181. The molecule has 0 saturated carbocycles. The van der Waals surface area contributed by atoms with Crippen LogP contribution < -0.4 is 14.9 Å². The highest BCUT2D eigenvalue weighted by Gasteiger charge is 2.25. The van der Waals surface area contributed by atoms with E-state index >= 15 is 0 Å². The fourth-order valence-corrected chi connectivity index (χ4v) is 3.60. The topological polar surface area (TPSA) is 130 Å². The maximum Gasteiger partial charge on any atom is 0.204 e. The maximum atomic E-state index is 13.6. The van der Waals surface area contributed by atoms with Gasteiger partial charge in [0, 0.05) is 24.1 Å². The summed E-state index contributed by atoms with van der Waals surface area (Å²) in [6.07, 6.45) is 1.84. The Kier molecular flexibility index (Phi) is 6.44.